The fourth-order valence-electron chi connectivity index (χ4n) is 12.7. The highest BCUT2D eigenvalue weighted by Crippen LogP contribution is 2.47. The van der Waals surface area contributed by atoms with Crippen LogP contribution in [0.5, 0.6) is 11.8 Å². The number of piperazine rings is 1. The number of nitrogens with two attached hydrogens (primary N) is 1. The minimum Gasteiger partial charge on any atom is -0.489 e. The van der Waals surface area contributed by atoms with E-state index < -0.39 is 23.6 Å². The summed E-state index contributed by atoms with van der Waals surface area (Å²) in [6.07, 6.45) is 6.80. The molecule has 0 saturated carbocycles. The van der Waals surface area contributed by atoms with E-state index in [-0.39, 0.29) is 116 Å². The van der Waals surface area contributed by atoms with E-state index in [1.54, 1.807) is 34.6 Å². The molecule has 3 saturated heterocycles. The fraction of sp³-hybridized carbons (Fsp3) is 0.379. The normalized spacial score (nSPS) is 18.7. The molecule has 4 aromatic heterocycles. The van der Waals surface area contributed by atoms with Crippen LogP contribution < -0.4 is 25.7 Å². The number of allylic oxidation sites excluding steroid dienone is 1. The van der Waals surface area contributed by atoms with E-state index in [9.17, 15) is 24.9 Å². The summed E-state index contributed by atoms with van der Waals surface area (Å²) in [5.41, 5.74) is 11.4. The van der Waals surface area contributed by atoms with Crippen LogP contribution in [0, 0.1) is 34.3 Å². The second kappa shape index (κ2) is 19.9. The predicted molar refractivity (Wildman–Crippen MR) is 293 cm³/mol. The molecule has 5 aliphatic heterocycles. The molecule has 20 heteroatoms. The summed E-state index contributed by atoms with van der Waals surface area (Å²) in [6.45, 7) is 8.70. The van der Waals surface area contributed by atoms with Crippen molar-refractivity contribution in [2.45, 2.75) is 96.4 Å². The van der Waals surface area contributed by atoms with Gasteiger partial charge in [-0.25, -0.2) is 13.8 Å². The molecule has 78 heavy (non-hydrogen) atoms. The van der Waals surface area contributed by atoms with Crippen LogP contribution in [0.15, 0.2) is 58.9 Å². The van der Waals surface area contributed by atoms with Gasteiger partial charge in [-0.2, -0.15) is 20.5 Å². The van der Waals surface area contributed by atoms with E-state index in [0.717, 1.165) is 66.6 Å². The number of hydrogen-bond acceptors (Lipinski definition) is 15. The molecule has 0 spiro atoms. The van der Waals surface area contributed by atoms with Gasteiger partial charge in [-0.3, -0.25) is 19.3 Å². The van der Waals surface area contributed by atoms with Crippen molar-refractivity contribution in [2.24, 2.45) is 0 Å². The van der Waals surface area contributed by atoms with Gasteiger partial charge in [-0.05, 0) is 112 Å². The molecule has 3 aromatic carbocycles. The van der Waals surface area contributed by atoms with Crippen LogP contribution in [-0.4, -0.2) is 98.7 Å². The minimum atomic E-state index is -0.826. The average molecular weight is 1090 g/mol. The maximum Gasteiger partial charge on any atom is 0.319 e. The molecule has 9 heterocycles. The van der Waals surface area contributed by atoms with Crippen LogP contribution >= 0.6 is 22.9 Å². The molecule has 2 atom stereocenters. The summed E-state index contributed by atoms with van der Waals surface area (Å²) in [5, 5.41) is 21.6. The Morgan fingerprint density at radius 3 is 2.56 bits per heavy atom. The van der Waals surface area contributed by atoms with E-state index in [2.05, 4.69) is 28.9 Å². The zero-order valence-electron chi connectivity index (χ0n) is 43.2. The Hall–Kier alpha value is -7.71. The van der Waals surface area contributed by atoms with Crippen molar-refractivity contribution in [1.82, 2.24) is 29.3 Å². The molecule has 398 valence electrons. The number of nitrogen functional groups attached to an aromatic ring is 1. The summed E-state index contributed by atoms with van der Waals surface area (Å²) in [5.74, 6) is -1.77. The zero-order chi connectivity index (χ0) is 54.3. The lowest BCUT2D eigenvalue weighted by Gasteiger charge is -2.41. The number of fused-ring (bicyclic) bond motifs is 8. The second-order valence-corrected chi connectivity index (χ2v) is 22.1. The monoisotopic (exact) mass is 1090 g/mol. The Labute approximate surface area is 456 Å². The number of carbonyl (C=O) groups excluding carboxylic acids is 2. The van der Waals surface area contributed by atoms with Crippen LogP contribution in [0.1, 0.15) is 93.0 Å². The maximum absolute atomic E-state index is 17.6. The number of aromatic nitrogens is 4. The summed E-state index contributed by atoms with van der Waals surface area (Å²) in [6, 6.07) is 15.3. The first-order chi connectivity index (χ1) is 37.8. The van der Waals surface area contributed by atoms with Crippen molar-refractivity contribution in [2.75, 3.05) is 56.6 Å². The van der Waals surface area contributed by atoms with Crippen LogP contribution in [0.25, 0.3) is 54.4 Å². The predicted octanol–water partition coefficient (Wildman–Crippen LogP) is 9.71. The Balaban J connectivity index is 0.826. The fourth-order valence-corrected chi connectivity index (χ4v) is 14.0. The highest BCUT2D eigenvalue weighted by atomic mass is 35.5. The minimum absolute atomic E-state index is 0.0155. The van der Waals surface area contributed by atoms with Crippen molar-refractivity contribution in [3.05, 3.63) is 109 Å². The third kappa shape index (κ3) is 8.19. The van der Waals surface area contributed by atoms with E-state index in [1.807, 2.05) is 30.0 Å². The molecule has 0 aliphatic carbocycles. The van der Waals surface area contributed by atoms with Crippen molar-refractivity contribution in [3.8, 4) is 46.4 Å². The van der Waals surface area contributed by atoms with Crippen LogP contribution in [0.2, 0.25) is 5.02 Å². The number of carbonyl (C=O) groups is 2. The van der Waals surface area contributed by atoms with Crippen molar-refractivity contribution in [1.29, 1.82) is 10.5 Å². The van der Waals surface area contributed by atoms with Crippen LogP contribution in [0.3, 0.4) is 0 Å². The highest BCUT2D eigenvalue weighted by molar-refractivity contribution is 7.23. The summed E-state index contributed by atoms with van der Waals surface area (Å²) in [7, 11) is 0. The van der Waals surface area contributed by atoms with Gasteiger partial charge in [0, 0.05) is 46.9 Å². The molecular weight excluding hydrogens is 1040 g/mol. The number of nitrogens with zero attached hydrogens (tertiary/aromatic N) is 9. The van der Waals surface area contributed by atoms with Gasteiger partial charge in [0.15, 0.2) is 5.82 Å². The Bertz CT molecular complexity index is 3890. The number of esters is 1. The first-order valence-electron chi connectivity index (χ1n) is 26.4. The first kappa shape index (κ1) is 51.1. The SMILES string of the molecule is C/C=C(\COc1ccc2nc3c(c(CC)c2c1)Cn1c-3cc2c(c1=O)COC(=O)C2CC)C(=O)N1CCN(c2nc(OCC34CCCN3CCC4)nc3c(F)c(-c4ccc(F)c5sc(N)c(C#N)c45)c(Cl)cc23)C[C@@H]1CC#N. The number of halogens is 3. The van der Waals surface area contributed by atoms with E-state index in [1.165, 1.54) is 12.1 Å². The summed E-state index contributed by atoms with van der Waals surface area (Å²) in [4.78, 5) is 61.8. The number of rotatable bonds is 12. The third-order valence-electron chi connectivity index (χ3n) is 16.7. The number of benzene rings is 3. The van der Waals surface area contributed by atoms with Crippen LogP contribution in [0.4, 0.5) is 19.6 Å². The summed E-state index contributed by atoms with van der Waals surface area (Å²) >= 11 is 7.94. The van der Waals surface area contributed by atoms with E-state index >= 15 is 8.78 Å². The number of anilines is 2. The number of amides is 1. The second-order valence-electron chi connectivity index (χ2n) is 20.7. The maximum atomic E-state index is 17.6. The molecule has 0 radical (unpaired) electrons. The number of nitriles is 2. The Morgan fingerprint density at radius 2 is 1.82 bits per heavy atom. The van der Waals surface area contributed by atoms with E-state index in [4.69, 9.17) is 41.5 Å². The molecule has 7 aromatic rings. The molecule has 3 fully saturated rings. The number of thiophene rings is 1. The van der Waals surface area contributed by atoms with Gasteiger partial charge in [0.25, 0.3) is 11.5 Å². The quantitative estimate of drug-likeness (QED) is 0.0893. The number of cyclic esters (lactones) is 1. The lowest BCUT2D eigenvalue weighted by Crippen LogP contribution is -2.56. The smallest absolute Gasteiger partial charge is 0.319 e. The number of aryl methyl sites for hydroxylation is 1. The molecule has 16 nitrogen and oxygen atoms in total. The Kier molecular flexibility index (Phi) is 13.1. The average Bonchev–Trinajstić information content (AvgIpc) is 4.41. The molecule has 2 N–H and O–H groups in total. The Morgan fingerprint density at radius 1 is 1.01 bits per heavy atom. The van der Waals surface area contributed by atoms with Gasteiger partial charge in [0.1, 0.15) is 53.8 Å². The van der Waals surface area contributed by atoms with E-state index in [0.29, 0.717) is 71.2 Å². The molecule has 5 aliphatic rings. The standard InChI is InChI=1S/C58H53ClF2N10O6S/c1-4-30(27-75-32-9-12-44-37(21-32)33(5-2)40-26-71-45(49(40)65-44)23-36-34(6-3)56(74)76-28-41(36)55(71)73)54(72)70-20-19-68(25-31(70)13-16-62)53-38-22-42(59)47(35-10-11-43(60)51-46(35)39(24-63)52(64)78-51)48(61)50(38)66-57(67-53)77-29-58-14-7-17-69(58)18-8-15-58/h4,9-12,21-23,31,34H,5-8,13-15,17-20,25-29,64H2,1-3H3/b30-4+/t31-,34?/m0/s1. The van der Waals surface area contributed by atoms with Crippen molar-refractivity contribution in [3.63, 3.8) is 0 Å². The van der Waals surface area contributed by atoms with Gasteiger partial charge in [-0.15, -0.1) is 11.3 Å². The molecule has 1 amide bonds. The molecule has 1 unspecified atom stereocenters. The van der Waals surface area contributed by atoms with Gasteiger partial charge in [0.05, 0.1) is 79.9 Å². The van der Waals surface area contributed by atoms with Gasteiger partial charge in [-0.1, -0.05) is 37.6 Å². The largest absolute Gasteiger partial charge is 0.489 e. The molecule has 12 rings (SSSR count). The topological polar surface area (TPSA) is 206 Å². The number of pyridine rings is 2. The number of ether oxygens (including phenoxy) is 3. The molecular formula is C58H53ClF2N10O6S. The molecule has 0 bridgehead atoms. The summed E-state index contributed by atoms with van der Waals surface area (Å²) < 4.78 is 52.9. The highest BCUT2D eigenvalue weighted by Gasteiger charge is 2.45. The first-order valence-corrected chi connectivity index (χ1v) is 27.6. The third-order valence-corrected chi connectivity index (χ3v) is 18.0. The number of hydrogen-bond donors (Lipinski definition) is 1. The lowest BCUT2D eigenvalue weighted by molar-refractivity contribution is -0.148. The van der Waals surface area contributed by atoms with Crippen molar-refractivity contribution >= 4 is 77.5 Å². The zero-order valence-corrected chi connectivity index (χ0v) is 44.8. The van der Waals surface area contributed by atoms with Crippen LogP contribution in [-0.2, 0) is 33.9 Å². The van der Waals surface area contributed by atoms with Gasteiger partial charge >= 0.3 is 12.0 Å². The van der Waals surface area contributed by atoms with Gasteiger partial charge in [0.2, 0.25) is 0 Å². The van der Waals surface area contributed by atoms with Gasteiger partial charge < -0.3 is 34.3 Å². The lowest BCUT2D eigenvalue weighted by atomic mass is 9.90. The van der Waals surface area contributed by atoms with Crippen molar-refractivity contribution < 1.29 is 32.6 Å².